The van der Waals surface area contributed by atoms with E-state index in [2.05, 4.69) is 40.2 Å². The molecular weight excluding hydrogens is 394 g/mol. The lowest BCUT2D eigenvalue weighted by molar-refractivity contribution is 0.0788. The van der Waals surface area contributed by atoms with Crippen molar-refractivity contribution < 1.29 is 9.53 Å². The Morgan fingerprint density at radius 1 is 1.10 bits per heavy atom. The second kappa shape index (κ2) is 9.41. The number of thiazole rings is 1. The fraction of sp³-hybridized carbons (Fsp3) is 0.333. The van der Waals surface area contributed by atoms with Crippen LogP contribution < -0.4 is 4.90 Å². The van der Waals surface area contributed by atoms with Crippen molar-refractivity contribution in [2.24, 2.45) is 0 Å². The molecule has 1 amide bonds. The van der Waals surface area contributed by atoms with Gasteiger partial charge in [0.05, 0.1) is 23.9 Å². The van der Waals surface area contributed by atoms with Crippen LogP contribution in [-0.2, 0) is 17.7 Å². The second-order valence-corrected chi connectivity index (χ2v) is 8.66. The third-order valence-corrected chi connectivity index (χ3v) is 6.48. The lowest BCUT2D eigenvalue weighted by Gasteiger charge is -2.31. The topological polar surface area (TPSA) is 45.7 Å². The molecule has 156 valence electrons. The SMILES string of the molecule is Cc1nc(Cc2ccccc2)sc1C(=O)N(C)Cc1ccccc1N1CCOCC1. The summed E-state index contributed by atoms with van der Waals surface area (Å²) in [5.74, 6) is 0.0288. The van der Waals surface area contributed by atoms with E-state index in [4.69, 9.17) is 4.74 Å². The van der Waals surface area contributed by atoms with Crippen molar-refractivity contribution in [3.8, 4) is 0 Å². The molecule has 0 unspecified atom stereocenters. The van der Waals surface area contributed by atoms with E-state index in [1.807, 2.05) is 38.2 Å². The number of anilines is 1. The van der Waals surface area contributed by atoms with Gasteiger partial charge >= 0.3 is 0 Å². The highest BCUT2D eigenvalue weighted by atomic mass is 32.1. The molecule has 1 saturated heterocycles. The Bertz CT molecular complexity index is 997. The van der Waals surface area contributed by atoms with Crippen molar-refractivity contribution in [3.05, 3.63) is 81.3 Å². The maximum atomic E-state index is 13.2. The van der Waals surface area contributed by atoms with E-state index in [1.54, 1.807) is 4.90 Å². The summed E-state index contributed by atoms with van der Waals surface area (Å²) >= 11 is 1.50. The summed E-state index contributed by atoms with van der Waals surface area (Å²) in [5.41, 5.74) is 4.36. The molecule has 0 atom stereocenters. The van der Waals surface area contributed by atoms with Gasteiger partial charge in [0.25, 0.3) is 5.91 Å². The first-order valence-corrected chi connectivity index (χ1v) is 11.1. The summed E-state index contributed by atoms with van der Waals surface area (Å²) in [6.45, 7) is 5.74. The van der Waals surface area contributed by atoms with Gasteiger partial charge in [-0.25, -0.2) is 4.98 Å². The fourth-order valence-electron chi connectivity index (χ4n) is 3.75. The number of ether oxygens (including phenoxy) is 1. The minimum absolute atomic E-state index is 0.0288. The smallest absolute Gasteiger partial charge is 0.265 e. The van der Waals surface area contributed by atoms with Crippen LogP contribution in [0.1, 0.15) is 31.5 Å². The molecule has 0 spiro atoms. The fourth-order valence-corrected chi connectivity index (χ4v) is 4.85. The van der Waals surface area contributed by atoms with Gasteiger partial charge in [0.2, 0.25) is 0 Å². The summed E-state index contributed by atoms with van der Waals surface area (Å²) in [6, 6.07) is 18.6. The summed E-state index contributed by atoms with van der Waals surface area (Å²) in [4.78, 5) is 22.7. The molecule has 3 aromatic rings. The number of nitrogens with zero attached hydrogens (tertiary/aromatic N) is 3. The van der Waals surface area contributed by atoms with Crippen molar-refractivity contribution in [3.63, 3.8) is 0 Å². The maximum Gasteiger partial charge on any atom is 0.265 e. The van der Waals surface area contributed by atoms with E-state index in [0.29, 0.717) is 6.54 Å². The number of amides is 1. The monoisotopic (exact) mass is 421 g/mol. The van der Waals surface area contributed by atoms with Crippen LogP contribution in [0.15, 0.2) is 54.6 Å². The van der Waals surface area contributed by atoms with Gasteiger partial charge in [0.1, 0.15) is 4.88 Å². The van der Waals surface area contributed by atoms with Gasteiger partial charge in [0, 0.05) is 38.8 Å². The molecule has 30 heavy (non-hydrogen) atoms. The van der Waals surface area contributed by atoms with Crippen LogP contribution in [0.5, 0.6) is 0 Å². The Labute approximate surface area is 181 Å². The van der Waals surface area contributed by atoms with Crippen molar-refractivity contribution in [2.75, 3.05) is 38.3 Å². The molecule has 4 rings (SSSR count). The number of aryl methyl sites for hydroxylation is 1. The molecule has 0 saturated carbocycles. The van der Waals surface area contributed by atoms with Crippen LogP contribution in [0.4, 0.5) is 5.69 Å². The van der Waals surface area contributed by atoms with E-state index in [1.165, 1.54) is 22.6 Å². The lowest BCUT2D eigenvalue weighted by atomic mass is 10.1. The van der Waals surface area contributed by atoms with E-state index >= 15 is 0 Å². The zero-order valence-electron chi connectivity index (χ0n) is 17.5. The first-order chi connectivity index (χ1) is 14.6. The third-order valence-electron chi connectivity index (χ3n) is 5.33. The first kappa shape index (κ1) is 20.6. The van der Waals surface area contributed by atoms with Gasteiger partial charge in [-0.05, 0) is 24.1 Å². The molecular formula is C24H27N3O2S. The number of aromatic nitrogens is 1. The number of hydrogen-bond acceptors (Lipinski definition) is 5. The summed E-state index contributed by atoms with van der Waals surface area (Å²) in [6.07, 6.45) is 0.753. The standard InChI is InChI=1S/C24H27N3O2S/c1-18-23(30-22(25-18)16-19-8-4-3-5-9-19)24(28)26(2)17-20-10-6-7-11-21(20)27-12-14-29-15-13-27/h3-11H,12-17H2,1-2H3. The van der Waals surface area contributed by atoms with E-state index < -0.39 is 0 Å². The molecule has 0 N–H and O–H groups in total. The maximum absolute atomic E-state index is 13.2. The molecule has 2 aromatic carbocycles. The zero-order chi connectivity index (χ0) is 20.9. The molecule has 0 bridgehead atoms. The number of carbonyl (C=O) groups is 1. The van der Waals surface area contributed by atoms with E-state index in [0.717, 1.165) is 53.9 Å². The largest absolute Gasteiger partial charge is 0.378 e. The van der Waals surface area contributed by atoms with Crippen LogP contribution in [0.3, 0.4) is 0 Å². The van der Waals surface area contributed by atoms with Gasteiger partial charge in [-0.15, -0.1) is 11.3 Å². The number of hydrogen-bond donors (Lipinski definition) is 0. The third kappa shape index (κ3) is 4.71. The van der Waals surface area contributed by atoms with E-state index in [9.17, 15) is 4.79 Å². The lowest BCUT2D eigenvalue weighted by Crippen LogP contribution is -2.37. The van der Waals surface area contributed by atoms with Crippen molar-refractivity contribution >= 4 is 22.9 Å². The minimum Gasteiger partial charge on any atom is -0.378 e. The Hall–Kier alpha value is -2.70. The predicted octanol–water partition coefficient (Wildman–Crippen LogP) is 4.15. The number of para-hydroxylation sites is 1. The number of benzene rings is 2. The molecule has 1 aliphatic heterocycles. The van der Waals surface area contributed by atoms with Gasteiger partial charge in [-0.1, -0.05) is 48.5 Å². The average Bonchev–Trinajstić information content (AvgIpc) is 3.14. The van der Waals surface area contributed by atoms with Crippen molar-refractivity contribution in [1.82, 2.24) is 9.88 Å². The second-order valence-electron chi connectivity index (χ2n) is 7.57. The summed E-state index contributed by atoms with van der Waals surface area (Å²) in [7, 11) is 1.87. The van der Waals surface area contributed by atoms with Crippen molar-refractivity contribution in [1.29, 1.82) is 0 Å². The average molecular weight is 422 g/mol. The number of morpholine rings is 1. The van der Waals surface area contributed by atoms with Crippen LogP contribution >= 0.6 is 11.3 Å². The van der Waals surface area contributed by atoms with Crippen LogP contribution in [0.25, 0.3) is 0 Å². The van der Waals surface area contributed by atoms with Gasteiger partial charge in [-0.3, -0.25) is 4.79 Å². The van der Waals surface area contributed by atoms with Gasteiger partial charge in [-0.2, -0.15) is 0 Å². The summed E-state index contributed by atoms with van der Waals surface area (Å²) < 4.78 is 5.48. The van der Waals surface area contributed by atoms with Crippen LogP contribution in [-0.4, -0.2) is 49.1 Å². The zero-order valence-corrected chi connectivity index (χ0v) is 18.3. The molecule has 1 fully saturated rings. The van der Waals surface area contributed by atoms with Crippen LogP contribution in [0, 0.1) is 6.92 Å². The molecule has 0 radical (unpaired) electrons. The highest BCUT2D eigenvalue weighted by Gasteiger charge is 2.21. The highest BCUT2D eigenvalue weighted by molar-refractivity contribution is 7.13. The normalized spacial score (nSPS) is 14.0. The van der Waals surface area contributed by atoms with Crippen molar-refractivity contribution in [2.45, 2.75) is 19.9 Å². The quantitative estimate of drug-likeness (QED) is 0.600. The molecule has 2 heterocycles. The Morgan fingerprint density at radius 3 is 2.57 bits per heavy atom. The first-order valence-electron chi connectivity index (χ1n) is 10.3. The highest BCUT2D eigenvalue weighted by Crippen LogP contribution is 2.26. The number of rotatable bonds is 6. The number of carbonyl (C=O) groups excluding carboxylic acids is 1. The molecule has 1 aliphatic rings. The van der Waals surface area contributed by atoms with Gasteiger partial charge in [0.15, 0.2) is 0 Å². The predicted molar refractivity (Wildman–Crippen MR) is 121 cm³/mol. The Balaban J connectivity index is 1.48. The van der Waals surface area contributed by atoms with E-state index in [-0.39, 0.29) is 5.91 Å². The molecule has 0 aliphatic carbocycles. The van der Waals surface area contributed by atoms with Crippen LogP contribution in [0.2, 0.25) is 0 Å². The molecule has 6 heteroatoms. The Morgan fingerprint density at radius 2 is 1.80 bits per heavy atom. The Kier molecular flexibility index (Phi) is 6.45. The van der Waals surface area contributed by atoms with Gasteiger partial charge < -0.3 is 14.5 Å². The molecule has 5 nitrogen and oxygen atoms in total. The molecule has 1 aromatic heterocycles. The minimum atomic E-state index is 0.0288. The summed E-state index contributed by atoms with van der Waals surface area (Å²) in [5, 5.41) is 0.976.